The first-order chi connectivity index (χ1) is 13.5. The number of morpholine rings is 1. The fourth-order valence-corrected chi connectivity index (χ4v) is 3.61. The lowest BCUT2D eigenvalue weighted by Gasteiger charge is -2.26. The van der Waals surface area contributed by atoms with E-state index in [-0.39, 0.29) is 5.91 Å². The Labute approximate surface area is 168 Å². The molecule has 0 aliphatic carbocycles. The molecule has 1 aliphatic rings. The molecule has 28 heavy (non-hydrogen) atoms. The molecule has 1 fully saturated rings. The maximum atomic E-state index is 12.6. The van der Waals surface area contributed by atoms with Crippen LogP contribution in [0, 0.1) is 13.8 Å². The van der Waals surface area contributed by atoms with Crippen LogP contribution in [0.2, 0.25) is 0 Å². The predicted molar refractivity (Wildman–Crippen MR) is 115 cm³/mol. The zero-order valence-electron chi connectivity index (χ0n) is 17.2. The Morgan fingerprint density at radius 3 is 2.46 bits per heavy atom. The van der Waals surface area contributed by atoms with Crippen LogP contribution in [0.4, 0.5) is 11.4 Å². The van der Waals surface area contributed by atoms with E-state index in [1.54, 1.807) is 0 Å². The van der Waals surface area contributed by atoms with Crippen molar-refractivity contribution < 1.29 is 9.53 Å². The molecule has 0 radical (unpaired) electrons. The summed E-state index contributed by atoms with van der Waals surface area (Å²) in [6, 6.07) is 14.5. The minimum absolute atomic E-state index is 0.00255. The van der Waals surface area contributed by atoms with Crippen molar-refractivity contribution in [3.8, 4) is 0 Å². The van der Waals surface area contributed by atoms with Crippen LogP contribution in [0.5, 0.6) is 0 Å². The van der Waals surface area contributed by atoms with Crippen LogP contribution in [0.25, 0.3) is 0 Å². The summed E-state index contributed by atoms with van der Waals surface area (Å²) >= 11 is 0. The topological polar surface area (TPSA) is 44.8 Å². The third-order valence-electron chi connectivity index (χ3n) is 5.16. The smallest absolute Gasteiger partial charge is 0.243 e. The van der Waals surface area contributed by atoms with Crippen molar-refractivity contribution in [2.45, 2.75) is 27.3 Å². The summed E-state index contributed by atoms with van der Waals surface area (Å²) in [4.78, 5) is 17.1. The number of benzene rings is 2. The second-order valence-corrected chi connectivity index (χ2v) is 7.44. The quantitative estimate of drug-likeness (QED) is 0.796. The maximum Gasteiger partial charge on any atom is 0.243 e. The van der Waals surface area contributed by atoms with Gasteiger partial charge in [0.2, 0.25) is 5.91 Å². The zero-order chi connectivity index (χ0) is 19.9. The minimum atomic E-state index is 0.00255. The molecule has 0 bridgehead atoms. The molecule has 1 amide bonds. The van der Waals surface area contributed by atoms with Gasteiger partial charge in [-0.3, -0.25) is 9.69 Å². The summed E-state index contributed by atoms with van der Waals surface area (Å²) in [5.74, 6) is 0.00255. The van der Waals surface area contributed by atoms with Crippen molar-refractivity contribution in [2.24, 2.45) is 0 Å². The normalized spacial score (nSPS) is 14.7. The molecule has 1 N–H and O–H groups in total. The van der Waals surface area contributed by atoms with Gasteiger partial charge in [0.15, 0.2) is 0 Å². The van der Waals surface area contributed by atoms with Crippen molar-refractivity contribution >= 4 is 17.3 Å². The molecule has 0 spiro atoms. The van der Waals surface area contributed by atoms with Crippen LogP contribution >= 0.6 is 0 Å². The van der Waals surface area contributed by atoms with E-state index in [0.29, 0.717) is 6.54 Å². The molecule has 1 aliphatic heterocycles. The summed E-state index contributed by atoms with van der Waals surface area (Å²) in [7, 11) is 0. The number of carbonyl (C=O) groups is 1. The summed E-state index contributed by atoms with van der Waals surface area (Å²) in [5.41, 5.74) is 5.64. The Morgan fingerprint density at radius 1 is 1.11 bits per heavy atom. The highest BCUT2D eigenvalue weighted by Crippen LogP contribution is 2.21. The number of ether oxygens (including phenoxy) is 1. The lowest BCUT2D eigenvalue weighted by atomic mass is 10.1. The SMILES string of the molecule is CCN(CC(=O)Nc1ccc(CN2CCOCC2)cc1)c1ccc(C)cc1C. The number of amides is 1. The van der Waals surface area contributed by atoms with E-state index in [1.165, 1.54) is 16.7 Å². The van der Waals surface area contributed by atoms with Gasteiger partial charge in [-0.2, -0.15) is 0 Å². The van der Waals surface area contributed by atoms with Crippen molar-refractivity contribution in [3.05, 3.63) is 59.2 Å². The Balaban J connectivity index is 1.56. The molecule has 2 aromatic carbocycles. The van der Waals surface area contributed by atoms with E-state index in [4.69, 9.17) is 4.74 Å². The van der Waals surface area contributed by atoms with Crippen LogP contribution in [-0.4, -0.2) is 50.2 Å². The third-order valence-corrected chi connectivity index (χ3v) is 5.16. The highest BCUT2D eigenvalue weighted by Gasteiger charge is 2.13. The number of likely N-dealkylation sites (N-methyl/N-ethyl adjacent to an activating group) is 1. The fraction of sp³-hybridized carbons (Fsp3) is 0.435. The van der Waals surface area contributed by atoms with E-state index in [1.807, 2.05) is 12.1 Å². The van der Waals surface area contributed by atoms with Gasteiger partial charge in [-0.25, -0.2) is 0 Å². The minimum Gasteiger partial charge on any atom is -0.379 e. The summed E-state index contributed by atoms with van der Waals surface area (Å²) in [5, 5.41) is 3.02. The molecule has 0 aromatic heterocycles. The first-order valence-corrected chi connectivity index (χ1v) is 10.1. The van der Waals surface area contributed by atoms with Crippen LogP contribution in [0.3, 0.4) is 0 Å². The number of hydrogen-bond donors (Lipinski definition) is 1. The fourth-order valence-electron chi connectivity index (χ4n) is 3.61. The molecule has 0 unspecified atom stereocenters. The van der Waals surface area contributed by atoms with Crippen molar-refractivity contribution in [1.82, 2.24) is 4.90 Å². The van der Waals surface area contributed by atoms with E-state index < -0.39 is 0 Å². The monoisotopic (exact) mass is 381 g/mol. The predicted octanol–water partition coefficient (Wildman–Crippen LogP) is 3.60. The average Bonchev–Trinajstić information content (AvgIpc) is 2.69. The highest BCUT2D eigenvalue weighted by molar-refractivity contribution is 5.94. The summed E-state index contributed by atoms with van der Waals surface area (Å²) in [6.07, 6.45) is 0. The number of carbonyl (C=O) groups excluding carboxylic acids is 1. The van der Waals surface area contributed by atoms with Gasteiger partial charge in [-0.15, -0.1) is 0 Å². The van der Waals surface area contributed by atoms with Crippen LogP contribution in [-0.2, 0) is 16.1 Å². The lowest BCUT2D eigenvalue weighted by Crippen LogP contribution is -2.35. The van der Waals surface area contributed by atoms with Crippen LogP contribution < -0.4 is 10.2 Å². The molecule has 5 nitrogen and oxygen atoms in total. The Bertz CT molecular complexity index is 783. The number of nitrogens with one attached hydrogen (secondary N) is 1. The summed E-state index contributed by atoms with van der Waals surface area (Å²) in [6.45, 7) is 11.9. The molecule has 1 heterocycles. The van der Waals surface area contributed by atoms with Gasteiger partial charge >= 0.3 is 0 Å². The van der Waals surface area contributed by atoms with Crippen molar-refractivity contribution in [1.29, 1.82) is 0 Å². The largest absolute Gasteiger partial charge is 0.379 e. The Kier molecular flexibility index (Phi) is 7.06. The number of hydrogen-bond acceptors (Lipinski definition) is 4. The second kappa shape index (κ2) is 9.71. The van der Waals surface area contributed by atoms with Crippen molar-refractivity contribution in [2.75, 3.05) is 49.6 Å². The molecular weight excluding hydrogens is 350 g/mol. The van der Waals surface area contributed by atoms with Gasteiger partial charge in [0.1, 0.15) is 0 Å². The molecule has 5 heteroatoms. The van der Waals surface area contributed by atoms with E-state index in [2.05, 4.69) is 66.2 Å². The maximum absolute atomic E-state index is 12.6. The number of aryl methyl sites for hydroxylation is 2. The number of nitrogens with zero attached hydrogens (tertiary/aromatic N) is 2. The Hall–Kier alpha value is -2.37. The van der Waals surface area contributed by atoms with Gasteiger partial charge in [0.05, 0.1) is 19.8 Å². The van der Waals surface area contributed by atoms with E-state index in [0.717, 1.165) is 50.8 Å². The molecule has 0 atom stereocenters. The molecule has 1 saturated heterocycles. The average molecular weight is 382 g/mol. The molecule has 150 valence electrons. The Morgan fingerprint density at radius 2 is 1.82 bits per heavy atom. The van der Waals surface area contributed by atoms with E-state index in [9.17, 15) is 4.79 Å². The summed E-state index contributed by atoms with van der Waals surface area (Å²) < 4.78 is 5.39. The van der Waals surface area contributed by atoms with Gasteiger partial charge in [-0.05, 0) is 50.1 Å². The molecular formula is C23H31N3O2. The van der Waals surface area contributed by atoms with Gasteiger partial charge in [-0.1, -0.05) is 29.8 Å². The van der Waals surface area contributed by atoms with E-state index >= 15 is 0 Å². The lowest BCUT2D eigenvalue weighted by molar-refractivity contribution is -0.115. The molecule has 2 aromatic rings. The van der Waals surface area contributed by atoms with Gasteiger partial charge in [0, 0.05) is 37.6 Å². The highest BCUT2D eigenvalue weighted by atomic mass is 16.5. The standard InChI is InChI=1S/C23H31N3O2/c1-4-26(22-10-5-18(2)15-19(22)3)17-23(27)24-21-8-6-20(7-9-21)16-25-11-13-28-14-12-25/h5-10,15H,4,11-14,16-17H2,1-3H3,(H,24,27). The van der Waals surface area contributed by atoms with Crippen LogP contribution in [0.15, 0.2) is 42.5 Å². The number of rotatable bonds is 7. The number of anilines is 2. The first kappa shape index (κ1) is 20.4. The van der Waals surface area contributed by atoms with Gasteiger partial charge in [0.25, 0.3) is 0 Å². The van der Waals surface area contributed by atoms with Crippen molar-refractivity contribution in [3.63, 3.8) is 0 Å². The first-order valence-electron chi connectivity index (χ1n) is 10.1. The van der Waals surface area contributed by atoms with Gasteiger partial charge < -0.3 is 15.0 Å². The zero-order valence-corrected chi connectivity index (χ0v) is 17.2. The third kappa shape index (κ3) is 5.57. The van der Waals surface area contributed by atoms with Crippen LogP contribution in [0.1, 0.15) is 23.6 Å². The molecule has 0 saturated carbocycles. The second-order valence-electron chi connectivity index (χ2n) is 7.44. The molecule has 3 rings (SSSR count).